The van der Waals surface area contributed by atoms with E-state index in [2.05, 4.69) is 4.98 Å². The van der Waals surface area contributed by atoms with Gasteiger partial charge in [0.05, 0.1) is 0 Å². The number of rotatable bonds is 1. The highest BCUT2D eigenvalue weighted by Gasteiger charge is 1.97. The van der Waals surface area contributed by atoms with E-state index in [0.29, 0.717) is 0 Å². The number of hydrogen-bond acceptors (Lipinski definition) is 3. The van der Waals surface area contributed by atoms with Crippen molar-refractivity contribution in [3.05, 3.63) is 6.20 Å². The number of anilines is 1. The molecule has 0 aliphatic carbocycles. The molecule has 1 heterocycles. The highest BCUT2D eigenvalue weighted by molar-refractivity contribution is 7.23. The van der Waals surface area contributed by atoms with Crippen LogP contribution in [0.2, 0.25) is 0 Å². The Morgan fingerprint density at radius 3 is 2.56 bits per heavy atom. The van der Waals surface area contributed by atoms with E-state index in [0.717, 1.165) is 9.91 Å². The Bertz CT molecular complexity index is 197. The van der Waals surface area contributed by atoms with Crippen LogP contribution >= 0.6 is 11.3 Å². The van der Waals surface area contributed by atoms with Crippen LogP contribution in [0, 0.1) is 0 Å². The molecule has 2 radical (unpaired) electrons. The molecule has 0 N–H and O–H groups in total. The second kappa shape index (κ2) is 2.39. The Morgan fingerprint density at radius 2 is 2.33 bits per heavy atom. The van der Waals surface area contributed by atoms with Crippen LogP contribution in [0.15, 0.2) is 6.20 Å². The van der Waals surface area contributed by atoms with Gasteiger partial charge in [-0.1, -0.05) is 0 Å². The number of thiazole rings is 1. The van der Waals surface area contributed by atoms with Gasteiger partial charge in [0.2, 0.25) is 0 Å². The maximum absolute atomic E-state index is 5.45. The maximum Gasteiger partial charge on any atom is 0.184 e. The zero-order valence-corrected chi connectivity index (χ0v) is 6.27. The van der Waals surface area contributed by atoms with Crippen LogP contribution in [0.1, 0.15) is 0 Å². The summed E-state index contributed by atoms with van der Waals surface area (Å²) in [6, 6.07) is 0. The fraction of sp³-hybridized carbons (Fsp3) is 0.400. The molecule has 0 unspecified atom stereocenters. The Labute approximate surface area is 59.9 Å². The third-order valence-electron chi connectivity index (χ3n) is 0.894. The monoisotopic (exact) mass is 138 g/mol. The minimum Gasteiger partial charge on any atom is -0.354 e. The van der Waals surface area contributed by atoms with Crippen LogP contribution < -0.4 is 9.68 Å². The Balaban J connectivity index is 2.85. The first kappa shape index (κ1) is 6.61. The van der Waals surface area contributed by atoms with E-state index in [4.69, 9.17) is 7.85 Å². The number of nitrogens with zero attached hydrogens (tertiary/aromatic N) is 2. The Hall–Kier alpha value is -0.505. The first-order chi connectivity index (χ1) is 4.20. The first-order valence-electron chi connectivity index (χ1n) is 2.59. The molecule has 0 aliphatic rings. The van der Waals surface area contributed by atoms with E-state index in [1.165, 1.54) is 11.3 Å². The summed E-state index contributed by atoms with van der Waals surface area (Å²) >= 11 is 1.49. The van der Waals surface area contributed by atoms with Crippen molar-refractivity contribution < 1.29 is 0 Å². The van der Waals surface area contributed by atoms with Crippen LogP contribution in [0.25, 0.3) is 0 Å². The highest BCUT2D eigenvalue weighted by atomic mass is 32.1. The lowest BCUT2D eigenvalue weighted by Crippen LogP contribution is -2.07. The minimum absolute atomic E-state index is 0.763. The fourth-order valence-corrected chi connectivity index (χ4v) is 1.09. The van der Waals surface area contributed by atoms with Crippen molar-refractivity contribution in [2.75, 3.05) is 19.0 Å². The van der Waals surface area contributed by atoms with Crippen molar-refractivity contribution in [1.82, 2.24) is 4.98 Å². The smallest absolute Gasteiger partial charge is 0.184 e. The molecule has 2 nitrogen and oxygen atoms in total. The summed E-state index contributed by atoms with van der Waals surface area (Å²) in [6.07, 6.45) is 1.67. The lowest BCUT2D eigenvalue weighted by Gasteiger charge is -2.04. The van der Waals surface area contributed by atoms with Crippen LogP contribution in [0.5, 0.6) is 0 Å². The van der Waals surface area contributed by atoms with Gasteiger partial charge in [0.1, 0.15) is 7.85 Å². The van der Waals surface area contributed by atoms with Crippen LogP contribution in [-0.2, 0) is 0 Å². The molecule has 0 saturated heterocycles. The molecule has 0 aliphatic heterocycles. The summed E-state index contributed by atoms with van der Waals surface area (Å²) in [7, 11) is 9.33. The van der Waals surface area contributed by atoms with Crippen molar-refractivity contribution in [1.29, 1.82) is 0 Å². The molecule has 0 saturated carbocycles. The summed E-state index contributed by atoms with van der Waals surface area (Å²) < 4.78 is 0.763. The predicted molar refractivity (Wildman–Crippen MR) is 41.8 cm³/mol. The van der Waals surface area contributed by atoms with Crippen LogP contribution in [0.4, 0.5) is 5.13 Å². The highest BCUT2D eigenvalue weighted by Crippen LogP contribution is 2.10. The van der Waals surface area contributed by atoms with Gasteiger partial charge in [0, 0.05) is 20.3 Å². The molecule has 0 atom stereocenters. The summed E-state index contributed by atoms with van der Waals surface area (Å²) in [6.45, 7) is 0. The number of hydrogen-bond donors (Lipinski definition) is 0. The zero-order valence-electron chi connectivity index (χ0n) is 5.46. The average Bonchev–Trinajstić information content (AvgIpc) is 2.14. The standard InChI is InChI=1S/C5H7BN2S/c1-8(2)5-7-3-4(6)9-5/h3H,1-2H3. The van der Waals surface area contributed by atoms with Gasteiger partial charge >= 0.3 is 0 Å². The molecular weight excluding hydrogens is 131 g/mol. The van der Waals surface area contributed by atoms with Gasteiger partial charge in [-0.2, -0.15) is 0 Å². The third-order valence-corrected chi connectivity index (χ3v) is 1.89. The summed E-state index contributed by atoms with van der Waals surface area (Å²) in [5.41, 5.74) is 0. The molecule has 1 rings (SSSR count). The molecule has 9 heavy (non-hydrogen) atoms. The molecule has 0 bridgehead atoms. The zero-order chi connectivity index (χ0) is 6.85. The van der Waals surface area contributed by atoms with E-state index in [1.807, 2.05) is 19.0 Å². The van der Waals surface area contributed by atoms with Gasteiger partial charge in [-0.25, -0.2) is 4.98 Å². The molecule has 0 fully saturated rings. The lowest BCUT2D eigenvalue weighted by molar-refractivity contribution is 1.11. The van der Waals surface area contributed by atoms with Gasteiger partial charge in [0.15, 0.2) is 5.13 Å². The summed E-state index contributed by atoms with van der Waals surface area (Å²) in [5, 5.41) is 0.951. The lowest BCUT2D eigenvalue weighted by atomic mass is 10.1. The summed E-state index contributed by atoms with van der Waals surface area (Å²) in [5.74, 6) is 0. The van der Waals surface area contributed by atoms with Gasteiger partial charge in [-0.15, -0.1) is 11.3 Å². The Kier molecular flexibility index (Phi) is 1.76. The van der Waals surface area contributed by atoms with E-state index in [1.54, 1.807) is 6.20 Å². The quantitative estimate of drug-likeness (QED) is 0.508. The van der Waals surface area contributed by atoms with E-state index in [-0.39, 0.29) is 0 Å². The van der Waals surface area contributed by atoms with Crippen molar-refractivity contribution in [3.8, 4) is 0 Å². The molecular formula is C5H7BN2S. The third kappa shape index (κ3) is 1.45. The molecule has 46 valence electrons. The minimum atomic E-state index is 0.763. The predicted octanol–water partition coefficient (Wildman–Crippen LogP) is 0.00290. The Morgan fingerprint density at radius 1 is 1.67 bits per heavy atom. The van der Waals surface area contributed by atoms with Gasteiger partial charge in [0.25, 0.3) is 0 Å². The average molecular weight is 138 g/mol. The van der Waals surface area contributed by atoms with Gasteiger partial charge in [-0.3, -0.25) is 0 Å². The van der Waals surface area contributed by atoms with Crippen molar-refractivity contribution >= 4 is 29.1 Å². The molecule has 0 aromatic carbocycles. The second-order valence-corrected chi connectivity index (χ2v) is 2.98. The molecule has 4 heteroatoms. The topological polar surface area (TPSA) is 16.1 Å². The second-order valence-electron chi connectivity index (χ2n) is 1.94. The molecule has 1 aromatic rings. The largest absolute Gasteiger partial charge is 0.354 e. The SMILES string of the molecule is [B]c1cnc(N(C)C)s1. The van der Waals surface area contributed by atoms with Crippen LogP contribution in [-0.4, -0.2) is 26.9 Å². The molecule has 0 amide bonds. The normalized spacial score (nSPS) is 9.56. The van der Waals surface area contributed by atoms with Crippen molar-refractivity contribution in [3.63, 3.8) is 0 Å². The van der Waals surface area contributed by atoms with Crippen molar-refractivity contribution in [2.24, 2.45) is 0 Å². The van der Waals surface area contributed by atoms with E-state index >= 15 is 0 Å². The van der Waals surface area contributed by atoms with Gasteiger partial charge < -0.3 is 4.90 Å². The van der Waals surface area contributed by atoms with Gasteiger partial charge in [-0.05, 0) is 4.78 Å². The van der Waals surface area contributed by atoms with Crippen molar-refractivity contribution in [2.45, 2.75) is 0 Å². The molecule has 0 spiro atoms. The fourth-order valence-electron chi connectivity index (χ4n) is 0.484. The first-order valence-corrected chi connectivity index (χ1v) is 3.40. The van der Waals surface area contributed by atoms with E-state index < -0.39 is 0 Å². The van der Waals surface area contributed by atoms with E-state index in [9.17, 15) is 0 Å². The molecule has 1 aromatic heterocycles. The number of aromatic nitrogens is 1. The van der Waals surface area contributed by atoms with Crippen LogP contribution in [0.3, 0.4) is 0 Å². The summed E-state index contributed by atoms with van der Waals surface area (Å²) in [4.78, 5) is 5.97. The maximum atomic E-state index is 5.45.